The number of fused-ring (bicyclic) bond motifs is 1. The summed E-state index contributed by atoms with van der Waals surface area (Å²) in [7, 11) is -5.94. The fourth-order valence-electron chi connectivity index (χ4n) is 3.61. The molecule has 0 aliphatic rings. The molecule has 0 saturated carbocycles. The summed E-state index contributed by atoms with van der Waals surface area (Å²) in [5.41, 5.74) is -0.696. The molecule has 0 unspecified atom stereocenters. The van der Waals surface area contributed by atoms with Gasteiger partial charge in [-0.2, -0.15) is 0 Å². The van der Waals surface area contributed by atoms with Gasteiger partial charge < -0.3 is 14.1 Å². The number of rotatable bonds is 11. The van der Waals surface area contributed by atoms with Gasteiger partial charge in [-0.15, -0.1) is 0 Å². The first-order chi connectivity index (χ1) is 17.3. The van der Waals surface area contributed by atoms with Crippen LogP contribution >= 0.6 is 0 Å². The van der Waals surface area contributed by atoms with Crippen molar-refractivity contribution in [2.75, 3.05) is 19.7 Å². The van der Waals surface area contributed by atoms with Crippen molar-refractivity contribution in [1.82, 2.24) is 14.6 Å². The van der Waals surface area contributed by atoms with Gasteiger partial charge in [0.15, 0.2) is 14.1 Å². The van der Waals surface area contributed by atoms with E-state index in [9.17, 15) is 17.6 Å². The van der Waals surface area contributed by atoms with Gasteiger partial charge >= 0.3 is 6.09 Å². The molecule has 2 rings (SSSR count). The van der Waals surface area contributed by atoms with Crippen molar-refractivity contribution in [1.29, 1.82) is 0 Å². The van der Waals surface area contributed by atoms with Crippen LogP contribution in [0.4, 0.5) is 9.18 Å². The lowest BCUT2D eigenvalue weighted by molar-refractivity contribution is 0.0233. The molecule has 0 fully saturated rings. The third-order valence-corrected chi connectivity index (χ3v) is 12.8. The van der Waals surface area contributed by atoms with Gasteiger partial charge in [-0.25, -0.2) is 22.3 Å². The van der Waals surface area contributed by atoms with Crippen molar-refractivity contribution in [3.8, 4) is 0 Å². The maximum absolute atomic E-state index is 14.5. The minimum absolute atomic E-state index is 0.0204. The molecule has 0 aliphatic heterocycles. The van der Waals surface area contributed by atoms with E-state index in [1.807, 2.05) is 0 Å². The van der Waals surface area contributed by atoms with Gasteiger partial charge in [0, 0.05) is 42.7 Å². The number of benzene rings is 1. The van der Waals surface area contributed by atoms with E-state index in [0.29, 0.717) is 25.0 Å². The first-order valence-electron chi connectivity index (χ1n) is 13.0. The highest BCUT2D eigenvalue weighted by Gasteiger charge is 2.36. The van der Waals surface area contributed by atoms with Crippen LogP contribution in [-0.4, -0.2) is 64.1 Å². The van der Waals surface area contributed by atoms with Crippen LogP contribution in [0.1, 0.15) is 61.3 Å². The predicted molar refractivity (Wildman–Crippen MR) is 152 cm³/mol. The number of carbonyl (C=O) groups is 1. The molecule has 0 saturated heterocycles. The summed E-state index contributed by atoms with van der Waals surface area (Å²) in [5, 5.41) is 0.481. The molecule has 11 heteroatoms. The number of hydrogen-bond donors (Lipinski definition) is 1. The average Bonchev–Trinajstić information content (AvgIpc) is 2.75. The van der Waals surface area contributed by atoms with Crippen LogP contribution in [0.25, 0.3) is 10.8 Å². The Kier molecular flexibility index (Phi) is 10.5. The van der Waals surface area contributed by atoms with Crippen LogP contribution in [0.3, 0.4) is 0 Å². The number of nitrogens with zero attached hydrogens (tertiary/aromatic N) is 2. The van der Waals surface area contributed by atoms with Crippen molar-refractivity contribution < 1.29 is 26.8 Å². The summed E-state index contributed by atoms with van der Waals surface area (Å²) in [6.07, 6.45) is 3.32. The summed E-state index contributed by atoms with van der Waals surface area (Å²) in [5.74, 6) is -0.716. The van der Waals surface area contributed by atoms with Crippen molar-refractivity contribution in [2.24, 2.45) is 0 Å². The monoisotopic (exact) mass is 569 g/mol. The molecular weight excluding hydrogens is 525 g/mol. The van der Waals surface area contributed by atoms with E-state index in [0.717, 1.165) is 12.6 Å². The van der Waals surface area contributed by atoms with Gasteiger partial charge in [0.05, 0.1) is 11.1 Å². The number of ether oxygens (including phenoxy) is 1. The fourth-order valence-corrected chi connectivity index (χ4v) is 6.17. The Balaban J connectivity index is 2.11. The molecule has 0 aliphatic carbocycles. The van der Waals surface area contributed by atoms with Gasteiger partial charge in [-0.1, -0.05) is 32.9 Å². The van der Waals surface area contributed by atoms with Crippen molar-refractivity contribution >= 4 is 35.2 Å². The molecule has 1 aromatic carbocycles. The van der Waals surface area contributed by atoms with E-state index in [1.165, 1.54) is 17.2 Å². The third-order valence-electron chi connectivity index (χ3n) is 6.58. The first kappa shape index (κ1) is 32.1. The Labute approximate surface area is 228 Å². The Morgan fingerprint density at radius 3 is 2.39 bits per heavy atom. The molecule has 0 radical (unpaired) electrons. The minimum atomic E-state index is -4.09. The van der Waals surface area contributed by atoms with Gasteiger partial charge in [0.25, 0.3) is 0 Å². The molecule has 214 valence electrons. The third kappa shape index (κ3) is 9.00. The lowest BCUT2D eigenvalue weighted by atomic mass is 10.2. The highest BCUT2D eigenvalue weighted by molar-refractivity contribution is 7.89. The lowest BCUT2D eigenvalue weighted by Gasteiger charge is -2.36. The first-order valence-corrected chi connectivity index (χ1v) is 17.4. The Hall–Kier alpha value is -2.08. The molecule has 1 heterocycles. The second-order valence-corrected chi connectivity index (χ2v) is 18.7. The molecule has 38 heavy (non-hydrogen) atoms. The zero-order valence-electron chi connectivity index (χ0n) is 24.2. The summed E-state index contributed by atoms with van der Waals surface area (Å²) < 4.78 is 55.3. The van der Waals surface area contributed by atoms with E-state index in [1.54, 1.807) is 39.8 Å². The number of sulfonamides is 1. The quantitative estimate of drug-likeness (QED) is 0.260. The van der Waals surface area contributed by atoms with Crippen molar-refractivity contribution in [2.45, 2.75) is 96.0 Å². The van der Waals surface area contributed by atoms with Crippen molar-refractivity contribution in [3.63, 3.8) is 0 Å². The van der Waals surface area contributed by atoms with E-state index in [-0.39, 0.29) is 21.9 Å². The number of pyridine rings is 1. The van der Waals surface area contributed by atoms with Crippen LogP contribution in [0.5, 0.6) is 0 Å². The Morgan fingerprint density at radius 2 is 1.79 bits per heavy atom. The topological polar surface area (TPSA) is 97.8 Å². The number of aromatic nitrogens is 1. The van der Waals surface area contributed by atoms with E-state index < -0.39 is 41.9 Å². The maximum Gasteiger partial charge on any atom is 0.410 e. The normalized spacial score (nSPS) is 13.9. The highest BCUT2D eigenvalue weighted by atomic mass is 32.2. The van der Waals surface area contributed by atoms with E-state index in [2.05, 4.69) is 43.6 Å². The van der Waals surface area contributed by atoms with Gasteiger partial charge in [-0.05, 0) is 64.7 Å². The van der Waals surface area contributed by atoms with Gasteiger partial charge in [0.1, 0.15) is 5.60 Å². The summed E-state index contributed by atoms with van der Waals surface area (Å²) in [6.45, 7) is 19.1. The Morgan fingerprint density at radius 1 is 1.13 bits per heavy atom. The molecule has 1 N–H and O–H groups in total. The number of carbonyl (C=O) groups excluding carboxylic acids is 1. The SMILES string of the molecule is C[C@@H](CN(CCCCO[Si](C)(C)C(C)(C)C)C(=O)OC(C)(C)C)NS(=O)(=O)c1cccc2cncc(F)c12. The van der Waals surface area contributed by atoms with Gasteiger partial charge in [0.2, 0.25) is 10.0 Å². The predicted octanol–water partition coefficient (Wildman–Crippen LogP) is 6.08. The molecular formula is C27H44FN3O5SSi. The molecule has 1 atom stereocenters. The molecule has 0 bridgehead atoms. The summed E-state index contributed by atoms with van der Waals surface area (Å²) >= 11 is 0. The number of nitrogens with one attached hydrogen (secondary N) is 1. The zero-order valence-corrected chi connectivity index (χ0v) is 26.0. The molecule has 1 amide bonds. The number of amides is 1. The molecule has 8 nitrogen and oxygen atoms in total. The average molecular weight is 570 g/mol. The zero-order chi connectivity index (χ0) is 28.9. The van der Waals surface area contributed by atoms with Crippen LogP contribution in [0.2, 0.25) is 18.1 Å². The largest absolute Gasteiger partial charge is 0.444 e. The number of unbranched alkanes of at least 4 members (excludes halogenated alkanes) is 1. The van der Waals surface area contributed by atoms with Gasteiger partial charge in [-0.3, -0.25) is 4.98 Å². The van der Waals surface area contributed by atoms with Crippen molar-refractivity contribution in [3.05, 3.63) is 36.4 Å². The second-order valence-electron chi connectivity index (χ2n) is 12.2. The summed E-state index contributed by atoms with van der Waals surface area (Å²) in [6, 6.07) is 3.85. The number of hydrogen-bond acceptors (Lipinski definition) is 6. The van der Waals surface area contributed by atoms with E-state index in [4.69, 9.17) is 9.16 Å². The Bertz CT molecular complexity index is 1200. The summed E-state index contributed by atoms with van der Waals surface area (Å²) in [4.78, 5) is 18.1. The molecule has 0 spiro atoms. The van der Waals surface area contributed by atoms with Crippen LogP contribution in [0.15, 0.2) is 35.5 Å². The highest BCUT2D eigenvalue weighted by Crippen LogP contribution is 2.36. The van der Waals surface area contributed by atoms with Crippen LogP contribution in [-0.2, 0) is 19.2 Å². The number of halogens is 1. The minimum Gasteiger partial charge on any atom is -0.444 e. The fraction of sp³-hybridized carbons (Fsp3) is 0.630. The van der Waals surface area contributed by atoms with Crippen LogP contribution < -0.4 is 4.72 Å². The molecule has 2 aromatic rings. The lowest BCUT2D eigenvalue weighted by Crippen LogP contribution is -2.46. The van der Waals surface area contributed by atoms with Crippen LogP contribution in [0, 0.1) is 5.82 Å². The smallest absolute Gasteiger partial charge is 0.410 e. The maximum atomic E-state index is 14.5. The second kappa shape index (κ2) is 12.4. The standard InChI is InChI=1S/C27H44FN3O5SSi/c1-20(30-37(33,34)23-14-12-13-21-17-29-18-22(28)24(21)23)19-31(25(32)36-26(2,3)4)15-10-11-16-35-38(8,9)27(5,6)7/h12-14,17-18,20,30H,10-11,15-16,19H2,1-9H3/t20-/m0/s1. The van der Waals surface area contributed by atoms with E-state index >= 15 is 0 Å². The molecule has 1 aromatic heterocycles.